The first kappa shape index (κ1) is 35.4. The zero-order chi connectivity index (χ0) is 30.9. The Hall–Kier alpha value is -3.65. The molecule has 0 aliphatic heterocycles. The van der Waals surface area contributed by atoms with Gasteiger partial charge in [-0.05, 0) is 108 Å². The molecule has 0 spiro atoms. The van der Waals surface area contributed by atoms with E-state index in [1.165, 1.54) is 50.1 Å². The summed E-state index contributed by atoms with van der Waals surface area (Å²) in [4.78, 5) is 10.3. The summed E-state index contributed by atoms with van der Waals surface area (Å²) >= 11 is 0. The van der Waals surface area contributed by atoms with E-state index < -0.39 is 0 Å². The van der Waals surface area contributed by atoms with E-state index >= 15 is 0 Å². The normalized spacial score (nSPS) is 10.6. The van der Waals surface area contributed by atoms with Gasteiger partial charge in [0.05, 0.1) is 0 Å². The van der Waals surface area contributed by atoms with Crippen molar-refractivity contribution in [3.63, 3.8) is 0 Å². The van der Waals surface area contributed by atoms with Gasteiger partial charge in [-0.25, -0.2) is 0 Å². The summed E-state index contributed by atoms with van der Waals surface area (Å²) in [6.07, 6.45) is 3.08. The second-order valence-corrected chi connectivity index (χ2v) is 10.9. The number of carbonyl (C=O) groups is 1. The molecule has 3 aromatic rings. The molecule has 3 aromatic carbocycles. The SMILES string of the molecule is CC/C(=C(\C)OC=O)c1cccc(C)c1.CCC(=C(C)C)c1cccc(C)c1.CCC(=C(C)C)c1cccc(C)c1. The highest BCUT2D eigenvalue weighted by Gasteiger charge is 2.05. The third-order valence-corrected chi connectivity index (χ3v) is 7.02. The predicted molar refractivity (Wildman–Crippen MR) is 181 cm³/mol. The van der Waals surface area contributed by atoms with Gasteiger partial charge in [0, 0.05) is 0 Å². The van der Waals surface area contributed by atoms with Crippen molar-refractivity contribution < 1.29 is 9.53 Å². The Balaban J connectivity index is 0.000000309. The maximum absolute atomic E-state index is 10.3. The van der Waals surface area contributed by atoms with Crippen LogP contribution in [-0.2, 0) is 9.53 Å². The van der Waals surface area contributed by atoms with Crippen LogP contribution in [-0.4, -0.2) is 6.47 Å². The molecular formula is C39H52O2. The Kier molecular flexibility index (Phi) is 16.1. The van der Waals surface area contributed by atoms with Crippen LogP contribution in [0.25, 0.3) is 16.7 Å². The van der Waals surface area contributed by atoms with E-state index in [-0.39, 0.29) is 0 Å². The summed E-state index contributed by atoms with van der Waals surface area (Å²) in [5.41, 5.74) is 14.6. The zero-order valence-corrected chi connectivity index (χ0v) is 27.4. The van der Waals surface area contributed by atoms with Gasteiger partial charge >= 0.3 is 0 Å². The Labute approximate surface area is 250 Å². The lowest BCUT2D eigenvalue weighted by molar-refractivity contribution is -0.124. The zero-order valence-electron chi connectivity index (χ0n) is 27.4. The van der Waals surface area contributed by atoms with Gasteiger partial charge in [-0.2, -0.15) is 0 Å². The fourth-order valence-electron chi connectivity index (χ4n) is 4.99. The molecule has 0 N–H and O–H groups in total. The van der Waals surface area contributed by atoms with Gasteiger partial charge in [-0.1, -0.05) is 121 Å². The Bertz CT molecular complexity index is 1280. The van der Waals surface area contributed by atoms with E-state index in [4.69, 9.17) is 4.74 Å². The smallest absolute Gasteiger partial charge is 0.298 e. The number of rotatable bonds is 8. The predicted octanol–water partition coefficient (Wildman–Crippen LogP) is 11.7. The minimum Gasteiger partial charge on any atom is -0.433 e. The van der Waals surface area contributed by atoms with Crippen molar-refractivity contribution in [2.24, 2.45) is 0 Å². The molecule has 0 radical (unpaired) electrons. The fourth-order valence-corrected chi connectivity index (χ4v) is 4.99. The van der Waals surface area contributed by atoms with Crippen LogP contribution in [0.4, 0.5) is 0 Å². The number of aryl methyl sites for hydroxylation is 3. The highest BCUT2D eigenvalue weighted by atomic mass is 16.5. The van der Waals surface area contributed by atoms with Crippen molar-refractivity contribution in [3.8, 4) is 0 Å². The number of hydrogen-bond acceptors (Lipinski definition) is 2. The summed E-state index contributed by atoms with van der Waals surface area (Å²) in [6.45, 7) is 23.8. The largest absolute Gasteiger partial charge is 0.433 e. The van der Waals surface area contributed by atoms with E-state index in [0.29, 0.717) is 12.2 Å². The second kappa shape index (κ2) is 18.7. The number of benzene rings is 3. The molecule has 2 nitrogen and oxygen atoms in total. The second-order valence-electron chi connectivity index (χ2n) is 10.9. The lowest BCUT2D eigenvalue weighted by Crippen LogP contribution is -1.92. The van der Waals surface area contributed by atoms with Crippen LogP contribution < -0.4 is 0 Å². The van der Waals surface area contributed by atoms with Crippen molar-refractivity contribution >= 4 is 23.2 Å². The lowest BCUT2D eigenvalue weighted by atomic mass is 9.98. The first-order valence-electron chi connectivity index (χ1n) is 14.8. The lowest BCUT2D eigenvalue weighted by Gasteiger charge is -2.09. The Morgan fingerprint density at radius 1 is 0.561 bits per heavy atom. The molecule has 41 heavy (non-hydrogen) atoms. The summed E-state index contributed by atoms with van der Waals surface area (Å²) < 4.78 is 4.89. The molecule has 0 aliphatic carbocycles. The van der Waals surface area contributed by atoms with Gasteiger partial charge in [0.25, 0.3) is 6.47 Å². The number of hydrogen-bond donors (Lipinski definition) is 0. The van der Waals surface area contributed by atoms with Crippen LogP contribution in [0.1, 0.15) is 108 Å². The van der Waals surface area contributed by atoms with Crippen molar-refractivity contribution in [3.05, 3.63) is 123 Å². The topological polar surface area (TPSA) is 26.3 Å². The highest BCUT2D eigenvalue weighted by molar-refractivity contribution is 5.69. The molecule has 0 heterocycles. The van der Waals surface area contributed by atoms with E-state index in [9.17, 15) is 4.79 Å². The highest BCUT2D eigenvalue weighted by Crippen LogP contribution is 2.24. The molecule has 3 rings (SSSR count). The molecule has 0 saturated carbocycles. The molecule has 0 fully saturated rings. The number of allylic oxidation sites excluding steroid dienone is 6. The van der Waals surface area contributed by atoms with Crippen LogP contribution in [0.5, 0.6) is 0 Å². The van der Waals surface area contributed by atoms with E-state index in [2.05, 4.69) is 117 Å². The van der Waals surface area contributed by atoms with Gasteiger partial charge in [0.1, 0.15) is 5.76 Å². The fraction of sp³-hybridized carbons (Fsp3) is 0.359. The van der Waals surface area contributed by atoms with Crippen molar-refractivity contribution in [1.82, 2.24) is 0 Å². The van der Waals surface area contributed by atoms with Crippen LogP contribution in [0.15, 0.2) is 89.7 Å². The van der Waals surface area contributed by atoms with Gasteiger partial charge in [0.2, 0.25) is 0 Å². The summed E-state index contributed by atoms with van der Waals surface area (Å²) in [6, 6.07) is 25.6. The van der Waals surface area contributed by atoms with E-state index in [1.54, 1.807) is 0 Å². The van der Waals surface area contributed by atoms with Gasteiger partial charge in [-0.3, -0.25) is 4.79 Å². The molecular weight excluding hydrogens is 500 g/mol. The van der Waals surface area contributed by atoms with Gasteiger partial charge in [-0.15, -0.1) is 0 Å². The number of carbonyl (C=O) groups excluding carboxylic acids is 1. The monoisotopic (exact) mass is 552 g/mol. The summed E-state index contributed by atoms with van der Waals surface area (Å²) in [7, 11) is 0. The quantitative estimate of drug-likeness (QED) is 0.205. The van der Waals surface area contributed by atoms with E-state index in [1.807, 2.05) is 32.0 Å². The Morgan fingerprint density at radius 3 is 1.12 bits per heavy atom. The van der Waals surface area contributed by atoms with Crippen LogP contribution in [0.3, 0.4) is 0 Å². The molecule has 2 heteroatoms. The Morgan fingerprint density at radius 2 is 0.878 bits per heavy atom. The summed E-state index contributed by atoms with van der Waals surface area (Å²) in [5.74, 6) is 0.679. The molecule has 0 amide bonds. The molecule has 0 unspecified atom stereocenters. The van der Waals surface area contributed by atoms with Crippen LogP contribution >= 0.6 is 0 Å². The average Bonchev–Trinajstić information content (AvgIpc) is 2.91. The first-order valence-corrected chi connectivity index (χ1v) is 14.8. The van der Waals surface area contributed by atoms with Gasteiger partial charge in [0.15, 0.2) is 0 Å². The third kappa shape index (κ3) is 12.2. The maximum atomic E-state index is 10.3. The standard InChI is InChI=1S/C13H16O2.2C13H18/c1-4-13(11(3)15-9-14)12-7-5-6-10(2)8-12;2*1-5-13(10(2)3)12-8-6-7-11(4)9-12/h5-9H,4H2,1-3H3;2*6-9H,5H2,1-4H3/b13-11-;;. The van der Waals surface area contributed by atoms with Gasteiger partial charge < -0.3 is 4.74 Å². The molecule has 0 aromatic heterocycles. The van der Waals surface area contributed by atoms with E-state index in [0.717, 1.165) is 30.4 Å². The molecule has 0 bridgehead atoms. The minimum atomic E-state index is 0.473. The molecule has 0 aliphatic rings. The summed E-state index contributed by atoms with van der Waals surface area (Å²) in [5, 5.41) is 0. The van der Waals surface area contributed by atoms with Crippen molar-refractivity contribution in [1.29, 1.82) is 0 Å². The van der Waals surface area contributed by atoms with Crippen LogP contribution in [0, 0.1) is 20.8 Å². The molecule has 0 saturated heterocycles. The molecule has 220 valence electrons. The first-order chi connectivity index (χ1) is 19.5. The maximum Gasteiger partial charge on any atom is 0.298 e. The third-order valence-electron chi connectivity index (χ3n) is 7.02. The van der Waals surface area contributed by atoms with Crippen molar-refractivity contribution in [2.45, 2.75) is 95.4 Å². The average molecular weight is 553 g/mol. The number of ether oxygens (including phenoxy) is 1. The minimum absolute atomic E-state index is 0.473. The molecule has 0 atom stereocenters. The van der Waals surface area contributed by atoms with Crippen molar-refractivity contribution in [2.75, 3.05) is 0 Å². The van der Waals surface area contributed by atoms with Crippen LogP contribution in [0.2, 0.25) is 0 Å².